The van der Waals surface area contributed by atoms with Gasteiger partial charge in [0.05, 0.1) is 17.9 Å². The van der Waals surface area contributed by atoms with Gasteiger partial charge in [0, 0.05) is 5.92 Å². The standard InChI is InChI=1S/C14H19NO4S/c1-8-7-9(20(15,17)18)5-6-10(8)11-12(13(16)19-4)14(11,2)3/h5-7,11-12H,1-4H3,(H2,15,17,18)/t11-,12+/m1/s1. The number of methoxy groups -OCH3 is 1. The van der Waals surface area contributed by atoms with E-state index in [2.05, 4.69) is 0 Å². The Bertz CT molecular complexity index is 664. The third-order valence-corrected chi connectivity index (χ3v) is 5.10. The number of sulfonamides is 1. The molecule has 0 unspecified atom stereocenters. The minimum atomic E-state index is -3.70. The summed E-state index contributed by atoms with van der Waals surface area (Å²) < 4.78 is 27.5. The molecule has 20 heavy (non-hydrogen) atoms. The van der Waals surface area contributed by atoms with E-state index >= 15 is 0 Å². The van der Waals surface area contributed by atoms with E-state index in [4.69, 9.17) is 9.88 Å². The first-order valence-electron chi connectivity index (χ1n) is 6.32. The molecule has 1 fully saturated rings. The zero-order chi connectivity index (χ0) is 15.3. The van der Waals surface area contributed by atoms with E-state index in [0.29, 0.717) is 0 Å². The summed E-state index contributed by atoms with van der Waals surface area (Å²) in [6.07, 6.45) is 0. The lowest BCUT2D eigenvalue weighted by molar-refractivity contribution is -0.143. The van der Waals surface area contributed by atoms with Crippen LogP contribution in [0.4, 0.5) is 0 Å². The van der Waals surface area contributed by atoms with Crippen molar-refractivity contribution in [1.82, 2.24) is 0 Å². The molecule has 0 saturated heterocycles. The molecular formula is C14H19NO4S. The van der Waals surface area contributed by atoms with Crippen molar-refractivity contribution in [1.29, 1.82) is 0 Å². The molecule has 2 N–H and O–H groups in total. The number of hydrogen-bond acceptors (Lipinski definition) is 4. The molecular weight excluding hydrogens is 278 g/mol. The Labute approximate surface area is 119 Å². The quantitative estimate of drug-likeness (QED) is 0.858. The molecule has 1 saturated carbocycles. The molecule has 6 heteroatoms. The first kappa shape index (κ1) is 15.0. The second kappa shape index (κ2) is 4.56. The van der Waals surface area contributed by atoms with Gasteiger partial charge < -0.3 is 4.74 Å². The van der Waals surface area contributed by atoms with Gasteiger partial charge in [-0.2, -0.15) is 0 Å². The van der Waals surface area contributed by atoms with Gasteiger partial charge in [0.25, 0.3) is 0 Å². The maximum Gasteiger partial charge on any atom is 0.309 e. The Morgan fingerprint density at radius 2 is 1.95 bits per heavy atom. The van der Waals surface area contributed by atoms with Gasteiger partial charge in [-0.3, -0.25) is 4.79 Å². The average Bonchev–Trinajstić information content (AvgIpc) is 2.89. The fourth-order valence-corrected chi connectivity index (χ4v) is 3.56. The predicted molar refractivity (Wildman–Crippen MR) is 74.6 cm³/mol. The Morgan fingerprint density at radius 3 is 2.40 bits per heavy atom. The topological polar surface area (TPSA) is 86.5 Å². The summed E-state index contributed by atoms with van der Waals surface area (Å²) in [5.41, 5.74) is 1.61. The second-order valence-electron chi connectivity index (χ2n) is 5.86. The number of benzene rings is 1. The number of esters is 1. The number of carbonyl (C=O) groups is 1. The summed E-state index contributed by atoms with van der Waals surface area (Å²) in [5.74, 6) is -0.370. The van der Waals surface area contributed by atoms with Crippen molar-refractivity contribution in [2.24, 2.45) is 16.5 Å². The lowest BCUT2D eigenvalue weighted by atomic mass is 9.99. The molecule has 0 radical (unpaired) electrons. The molecule has 0 heterocycles. The number of aryl methyl sites for hydroxylation is 1. The molecule has 0 spiro atoms. The largest absolute Gasteiger partial charge is 0.469 e. The number of hydrogen-bond donors (Lipinski definition) is 1. The van der Waals surface area contributed by atoms with Gasteiger partial charge in [0.1, 0.15) is 0 Å². The molecule has 1 aliphatic carbocycles. The number of nitrogens with two attached hydrogens (primary N) is 1. The van der Waals surface area contributed by atoms with Crippen LogP contribution < -0.4 is 5.14 Å². The Kier molecular flexibility index (Phi) is 3.42. The monoisotopic (exact) mass is 297 g/mol. The van der Waals surface area contributed by atoms with Crippen molar-refractivity contribution in [3.63, 3.8) is 0 Å². The maximum atomic E-state index is 11.8. The third-order valence-electron chi connectivity index (χ3n) is 4.19. The first-order valence-corrected chi connectivity index (χ1v) is 7.86. The van der Waals surface area contributed by atoms with Crippen molar-refractivity contribution < 1.29 is 17.9 Å². The Morgan fingerprint density at radius 1 is 1.35 bits per heavy atom. The van der Waals surface area contributed by atoms with Gasteiger partial charge >= 0.3 is 5.97 Å². The zero-order valence-corrected chi connectivity index (χ0v) is 12.8. The van der Waals surface area contributed by atoms with E-state index in [9.17, 15) is 13.2 Å². The highest BCUT2D eigenvalue weighted by Gasteiger charge is 2.63. The molecule has 0 bridgehead atoms. The van der Waals surface area contributed by atoms with Crippen molar-refractivity contribution in [3.05, 3.63) is 29.3 Å². The van der Waals surface area contributed by atoms with E-state index < -0.39 is 10.0 Å². The summed E-state index contributed by atoms with van der Waals surface area (Å²) in [7, 11) is -2.32. The summed E-state index contributed by atoms with van der Waals surface area (Å²) in [6.45, 7) is 5.84. The van der Waals surface area contributed by atoms with Gasteiger partial charge in [0.2, 0.25) is 10.0 Å². The van der Waals surface area contributed by atoms with E-state index in [1.54, 1.807) is 12.1 Å². The fraction of sp³-hybridized carbons (Fsp3) is 0.500. The molecule has 0 aliphatic heterocycles. The molecule has 1 aromatic rings. The van der Waals surface area contributed by atoms with E-state index in [1.165, 1.54) is 13.2 Å². The smallest absolute Gasteiger partial charge is 0.309 e. The maximum absolute atomic E-state index is 11.8. The van der Waals surface area contributed by atoms with Crippen molar-refractivity contribution in [2.45, 2.75) is 31.6 Å². The van der Waals surface area contributed by atoms with Crippen molar-refractivity contribution in [3.8, 4) is 0 Å². The highest BCUT2D eigenvalue weighted by atomic mass is 32.2. The average molecular weight is 297 g/mol. The van der Waals surface area contributed by atoms with Crippen LogP contribution in [0.25, 0.3) is 0 Å². The van der Waals surface area contributed by atoms with Crippen LogP contribution in [0.5, 0.6) is 0 Å². The SMILES string of the molecule is COC(=O)[C@@H]1[C@@H](c2ccc(S(N)(=O)=O)cc2C)C1(C)C. The van der Waals surface area contributed by atoms with Crippen molar-refractivity contribution in [2.75, 3.05) is 7.11 Å². The van der Waals surface area contributed by atoms with Crippen LogP contribution in [0.15, 0.2) is 23.1 Å². The van der Waals surface area contributed by atoms with Gasteiger partial charge in [-0.05, 0) is 35.6 Å². The Hall–Kier alpha value is -1.40. The first-order chi connectivity index (χ1) is 9.10. The van der Waals surface area contributed by atoms with Crippen LogP contribution in [0.2, 0.25) is 0 Å². The molecule has 2 atom stereocenters. The molecule has 1 aromatic carbocycles. The zero-order valence-electron chi connectivity index (χ0n) is 12.0. The highest BCUT2D eigenvalue weighted by molar-refractivity contribution is 7.89. The Balaban J connectivity index is 2.39. The highest BCUT2D eigenvalue weighted by Crippen LogP contribution is 2.65. The number of ether oxygens (including phenoxy) is 1. The van der Waals surface area contributed by atoms with Crippen LogP contribution in [0.3, 0.4) is 0 Å². The number of rotatable bonds is 3. The minimum absolute atomic E-state index is 0.0458. The molecule has 0 aromatic heterocycles. The molecule has 1 aliphatic rings. The van der Waals surface area contributed by atoms with E-state index in [-0.39, 0.29) is 28.1 Å². The summed E-state index contributed by atoms with van der Waals surface area (Å²) in [5, 5.41) is 5.12. The normalized spacial score (nSPS) is 24.2. The minimum Gasteiger partial charge on any atom is -0.469 e. The fourth-order valence-electron chi connectivity index (χ4n) is 2.96. The van der Waals surface area contributed by atoms with E-state index in [1.807, 2.05) is 20.8 Å². The van der Waals surface area contributed by atoms with Crippen molar-refractivity contribution >= 4 is 16.0 Å². The lowest BCUT2D eigenvalue weighted by Crippen LogP contribution is -2.12. The summed E-state index contributed by atoms with van der Waals surface area (Å²) >= 11 is 0. The molecule has 5 nitrogen and oxygen atoms in total. The van der Waals surface area contributed by atoms with Crippen LogP contribution in [0.1, 0.15) is 30.9 Å². The second-order valence-corrected chi connectivity index (χ2v) is 7.42. The molecule has 0 amide bonds. The van der Waals surface area contributed by atoms with E-state index in [0.717, 1.165) is 11.1 Å². The number of carbonyl (C=O) groups excluding carboxylic acids is 1. The van der Waals surface area contributed by atoms with Gasteiger partial charge in [0.15, 0.2) is 0 Å². The van der Waals surface area contributed by atoms with Crippen LogP contribution in [-0.4, -0.2) is 21.5 Å². The van der Waals surface area contributed by atoms with Gasteiger partial charge in [-0.1, -0.05) is 19.9 Å². The predicted octanol–water partition coefficient (Wildman–Crippen LogP) is 1.56. The summed E-state index contributed by atoms with van der Waals surface area (Å²) in [4.78, 5) is 11.9. The lowest BCUT2D eigenvalue weighted by Gasteiger charge is -2.08. The third kappa shape index (κ3) is 2.33. The van der Waals surface area contributed by atoms with Crippen LogP contribution in [-0.2, 0) is 19.6 Å². The molecule has 110 valence electrons. The summed E-state index contributed by atoms with van der Waals surface area (Å²) in [6, 6.07) is 4.78. The van der Waals surface area contributed by atoms with Crippen LogP contribution >= 0.6 is 0 Å². The van der Waals surface area contributed by atoms with Gasteiger partial charge in [-0.25, -0.2) is 13.6 Å². The van der Waals surface area contributed by atoms with Crippen LogP contribution in [0, 0.1) is 18.3 Å². The molecule has 2 rings (SSSR count). The number of primary sulfonamides is 1. The van der Waals surface area contributed by atoms with Gasteiger partial charge in [-0.15, -0.1) is 0 Å².